The first-order valence-corrected chi connectivity index (χ1v) is 23.8. The Morgan fingerprint density at radius 1 is 0.597 bits per heavy atom. The number of nitrogens with zero attached hydrogens (tertiary/aromatic N) is 5. The zero-order valence-electron chi connectivity index (χ0n) is 38.9. The van der Waals surface area contributed by atoms with Crippen LogP contribution in [0.15, 0.2) is 73.3 Å². The molecular weight excluding hydrogens is 944 g/mol. The van der Waals surface area contributed by atoms with Crippen molar-refractivity contribution in [2.75, 3.05) is 67.0 Å². The molecule has 4 aromatic heterocycles. The molecule has 4 aliphatic heterocycles. The van der Waals surface area contributed by atoms with Crippen molar-refractivity contribution in [3.8, 4) is 0 Å². The Bertz CT molecular complexity index is 2140. The third-order valence-corrected chi connectivity index (χ3v) is 13.4. The monoisotopic (exact) mass is 1010 g/mol. The first kappa shape index (κ1) is 54.2. The first-order valence-electron chi connectivity index (χ1n) is 22.3. The van der Waals surface area contributed by atoms with Crippen LogP contribution < -0.4 is 11.1 Å². The van der Waals surface area contributed by atoms with Gasteiger partial charge < -0.3 is 39.8 Å². The fraction of sp³-hybridized carbons (Fsp3) is 0.542. The van der Waals surface area contributed by atoms with Crippen LogP contribution in [0.3, 0.4) is 0 Å². The minimum absolute atomic E-state index is 0.0514. The lowest BCUT2D eigenvalue weighted by molar-refractivity contribution is -0.147. The molecule has 366 valence electrons. The van der Waals surface area contributed by atoms with Gasteiger partial charge in [-0.25, -0.2) is 24.7 Å². The van der Waals surface area contributed by atoms with Gasteiger partial charge in [0.25, 0.3) is 0 Å². The summed E-state index contributed by atoms with van der Waals surface area (Å²) in [5.74, 6) is -0.820. The lowest BCUT2D eigenvalue weighted by atomic mass is 9.75. The molecule has 0 unspecified atom stereocenters. The molecule has 0 aromatic carbocycles. The largest absolute Gasteiger partial charge is 0.481 e. The van der Waals surface area contributed by atoms with Crippen molar-refractivity contribution in [2.24, 2.45) is 5.73 Å². The molecule has 19 heteroatoms. The van der Waals surface area contributed by atoms with Crippen molar-refractivity contribution in [2.45, 2.75) is 99.8 Å². The normalized spacial score (nSPS) is 19.4. The number of halogens is 4. The highest BCUT2D eigenvalue weighted by Gasteiger charge is 2.42. The van der Waals surface area contributed by atoms with E-state index in [-0.39, 0.29) is 11.1 Å². The SMILES string of the molecule is CC(C)(C)OC(=O)NC1(c2ccc(Cl)nc2)CCOCC1.CN(C)C1(c2ccc(Cl)nc2)CCOCC1.NC1(c2ccc(Cl)nc2)CCOCC1.O=C(O)C1(c2ccc(Cl)nc2)CCOCC1. The van der Waals surface area contributed by atoms with Gasteiger partial charge in [-0.2, -0.15) is 0 Å². The van der Waals surface area contributed by atoms with Gasteiger partial charge in [-0.15, -0.1) is 0 Å². The Kier molecular flexibility index (Phi) is 20.0. The van der Waals surface area contributed by atoms with E-state index in [9.17, 15) is 14.7 Å². The Balaban J connectivity index is 0.000000169. The third-order valence-electron chi connectivity index (χ3n) is 12.5. The van der Waals surface area contributed by atoms with Crippen LogP contribution in [0.1, 0.15) is 94.4 Å². The van der Waals surface area contributed by atoms with E-state index in [1.807, 2.05) is 45.2 Å². The highest BCUT2D eigenvalue weighted by molar-refractivity contribution is 6.30. The van der Waals surface area contributed by atoms with Crippen LogP contribution in [0.4, 0.5) is 4.79 Å². The molecule has 4 aromatic rings. The van der Waals surface area contributed by atoms with Crippen LogP contribution in [0, 0.1) is 0 Å². The summed E-state index contributed by atoms with van der Waals surface area (Å²) < 4.78 is 26.7. The van der Waals surface area contributed by atoms with Gasteiger partial charge in [-0.1, -0.05) is 70.7 Å². The smallest absolute Gasteiger partial charge is 0.408 e. The molecule has 0 radical (unpaired) electrons. The summed E-state index contributed by atoms with van der Waals surface area (Å²) in [6.07, 6.45) is 12.5. The summed E-state index contributed by atoms with van der Waals surface area (Å²) in [5.41, 5.74) is 8.02. The van der Waals surface area contributed by atoms with E-state index >= 15 is 0 Å². The number of amides is 1. The number of carboxylic acid groups (broad SMARTS) is 1. The van der Waals surface area contributed by atoms with Crippen molar-refractivity contribution in [3.05, 3.63) is 116 Å². The summed E-state index contributed by atoms with van der Waals surface area (Å²) in [4.78, 5) is 42.1. The van der Waals surface area contributed by atoms with E-state index in [0.29, 0.717) is 78.3 Å². The Morgan fingerprint density at radius 2 is 0.970 bits per heavy atom. The van der Waals surface area contributed by atoms with E-state index in [4.69, 9.17) is 75.8 Å². The molecule has 0 bridgehead atoms. The van der Waals surface area contributed by atoms with Crippen molar-refractivity contribution in [1.29, 1.82) is 0 Å². The molecular formula is C48H63Cl4N7O8. The number of carboxylic acids is 1. The predicted octanol–water partition coefficient (Wildman–Crippen LogP) is 9.13. The summed E-state index contributed by atoms with van der Waals surface area (Å²) in [6, 6.07) is 14.6. The maximum atomic E-state index is 12.2. The fourth-order valence-electron chi connectivity index (χ4n) is 8.42. The molecule has 0 saturated carbocycles. The predicted molar refractivity (Wildman–Crippen MR) is 259 cm³/mol. The molecule has 4 fully saturated rings. The molecule has 4 saturated heterocycles. The number of hydrogen-bond acceptors (Lipinski definition) is 13. The molecule has 0 spiro atoms. The molecule has 0 aliphatic carbocycles. The van der Waals surface area contributed by atoms with Crippen LogP contribution >= 0.6 is 46.4 Å². The van der Waals surface area contributed by atoms with Gasteiger partial charge in [0.1, 0.15) is 26.2 Å². The van der Waals surface area contributed by atoms with E-state index in [0.717, 1.165) is 63.2 Å². The number of carbonyl (C=O) groups is 2. The second kappa shape index (κ2) is 24.7. The van der Waals surface area contributed by atoms with Gasteiger partial charge in [0.15, 0.2) is 0 Å². The number of alkyl carbamates (subject to hydrolysis) is 1. The number of ether oxygens (including phenoxy) is 5. The van der Waals surface area contributed by atoms with Crippen LogP contribution in [0.25, 0.3) is 0 Å². The van der Waals surface area contributed by atoms with Crippen LogP contribution in [0.5, 0.6) is 0 Å². The Labute approximate surface area is 413 Å². The van der Waals surface area contributed by atoms with Gasteiger partial charge in [0.05, 0.1) is 16.5 Å². The fourth-order valence-corrected chi connectivity index (χ4v) is 8.86. The standard InChI is InChI=1S/C15H21ClN2O3.C12H17ClN2O.C11H12ClNO3.C10H13ClN2O/c1-14(2,3)21-13(19)18-15(6-8-20-9-7-15)11-4-5-12(16)17-10-11;1-15(2)12(5-7-16-8-6-12)10-3-4-11(13)14-9-10;12-9-2-1-8(7-13-9)11(10(14)15)3-5-16-6-4-11;11-9-2-1-8(7-13-9)10(12)3-5-14-6-4-10/h4-5,10H,6-9H2,1-3H3,(H,18,19);3-4,9H,5-8H2,1-2H3;1-2,7H,3-6H2,(H,14,15);1-2,7H,3-6,12H2. The number of hydrogen-bond donors (Lipinski definition) is 3. The molecule has 15 nitrogen and oxygen atoms in total. The second-order valence-corrected chi connectivity index (χ2v) is 19.7. The molecule has 67 heavy (non-hydrogen) atoms. The van der Waals surface area contributed by atoms with Gasteiger partial charge in [-0.3, -0.25) is 9.69 Å². The number of nitrogens with one attached hydrogen (secondary N) is 1. The molecule has 4 aliphatic rings. The molecule has 8 heterocycles. The van der Waals surface area contributed by atoms with E-state index < -0.39 is 28.6 Å². The summed E-state index contributed by atoms with van der Waals surface area (Å²) >= 11 is 23.1. The third kappa shape index (κ3) is 15.1. The number of rotatable bonds is 7. The van der Waals surface area contributed by atoms with Crippen molar-refractivity contribution in [1.82, 2.24) is 30.2 Å². The van der Waals surface area contributed by atoms with Crippen molar-refractivity contribution in [3.63, 3.8) is 0 Å². The van der Waals surface area contributed by atoms with Gasteiger partial charge >= 0.3 is 12.1 Å². The number of nitrogens with two attached hydrogens (primary N) is 1. The van der Waals surface area contributed by atoms with Gasteiger partial charge in [0, 0.05) is 83.2 Å². The summed E-state index contributed by atoms with van der Waals surface area (Å²) in [7, 11) is 4.22. The van der Waals surface area contributed by atoms with Crippen LogP contribution in [-0.2, 0) is 50.5 Å². The number of pyridine rings is 4. The average Bonchev–Trinajstić information content (AvgIpc) is 3.31. The summed E-state index contributed by atoms with van der Waals surface area (Å²) in [5, 5.41) is 14.2. The van der Waals surface area contributed by atoms with Crippen molar-refractivity contribution >= 4 is 58.5 Å². The molecule has 4 N–H and O–H groups in total. The summed E-state index contributed by atoms with van der Waals surface area (Å²) in [6.45, 7) is 10.7. The average molecular weight is 1010 g/mol. The lowest BCUT2D eigenvalue weighted by Crippen LogP contribution is -2.50. The van der Waals surface area contributed by atoms with Gasteiger partial charge in [-0.05, 0) is 133 Å². The minimum atomic E-state index is -0.865. The van der Waals surface area contributed by atoms with Crippen LogP contribution in [-0.4, -0.2) is 115 Å². The molecule has 1 amide bonds. The Hall–Kier alpha value is -3.74. The molecule has 0 atom stereocenters. The minimum Gasteiger partial charge on any atom is -0.481 e. The van der Waals surface area contributed by atoms with Crippen LogP contribution in [0.2, 0.25) is 20.6 Å². The van der Waals surface area contributed by atoms with Crippen molar-refractivity contribution < 1.29 is 38.4 Å². The van der Waals surface area contributed by atoms with E-state index in [1.54, 1.807) is 42.9 Å². The quantitative estimate of drug-likeness (QED) is 0.148. The molecule has 8 rings (SSSR count). The number of aromatic nitrogens is 4. The zero-order valence-corrected chi connectivity index (χ0v) is 41.9. The second-order valence-electron chi connectivity index (χ2n) is 18.1. The number of aliphatic carboxylic acids is 1. The number of carbonyl (C=O) groups excluding carboxylic acids is 1. The maximum Gasteiger partial charge on any atom is 0.408 e. The van der Waals surface area contributed by atoms with Gasteiger partial charge in [0.2, 0.25) is 0 Å². The van der Waals surface area contributed by atoms with E-state index in [2.05, 4.69) is 50.3 Å². The lowest BCUT2D eigenvalue weighted by Gasteiger charge is -2.43. The zero-order chi connectivity index (χ0) is 48.7. The highest BCUT2D eigenvalue weighted by atomic mass is 35.5. The van der Waals surface area contributed by atoms with E-state index in [1.165, 1.54) is 5.56 Å². The Morgan fingerprint density at radius 3 is 1.36 bits per heavy atom. The maximum absolute atomic E-state index is 12.2. The highest BCUT2D eigenvalue weighted by Crippen LogP contribution is 2.38. The topological polar surface area (TPSA) is 193 Å². The first-order chi connectivity index (χ1) is 31.8.